The Labute approximate surface area is 184 Å². The fraction of sp³-hybridized carbons (Fsp3) is 0.214. The number of Topliss-reactive ketones (excluding diaryl/α,β-unsaturated/α-hetero) is 2. The van der Waals surface area contributed by atoms with Crippen molar-refractivity contribution in [3.63, 3.8) is 0 Å². The molecule has 3 aromatic carbocycles. The van der Waals surface area contributed by atoms with Crippen molar-refractivity contribution >= 4 is 11.6 Å². The van der Waals surface area contributed by atoms with Gasteiger partial charge in [0.15, 0.2) is 11.6 Å². The average Bonchev–Trinajstić information content (AvgIpc) is 2.82. The number of allylic oxidation sites excluding steroid dienone is 2. The van der Waals surface area contributed by atoms with Crippen LogP contribution in [0.25, 0.3) is 0 Å². The number of phenolic OH excluding ortho intramolecular Hbond substituents is 2. The van der Waals surface area contributed by atoms with Gasteiger partial charge in [0, 0.05) is 23.7 Å². The third-order valence-corrected chi connectivity index (χ3v) is 8.04. The van der Waals surface area contributed by atoms with Crippen molar-refractivity contribution in [2.75, 3.05) is 0 Å². The highest BCUT2D eigenvalue weighted by Crippen LogP contribution is 2.61. The molecule has 5 aliphatic rings. The Morgan fingerprint density at radius 2 is 0.906 bits per heavy atom. The van der Waals surface area contributed by atoms with Crippen molar-refractivity contribution in [1.82, 2.24) is 0 Å². The number of hydrogen-bond donors (Lipinski definition) is 2. The van der Waals surface area contributed by atoms with Gasteiger partial charge < -0.3 is 10.2 Å². The quantitative estimate of drug-likeness (QED) is 0.392. The maximum atomic E-state index is 13.5. The summed E-state index contributed by atoms with van der Waals surface area (Å²) in [5.41, 5.74) is 7.68. The topological polar surface area (TPSA) is 74.6 Å². The highest BCUT2D eigenvalue weighted by Gasteiger charge is 2.52. The number of hydrogen-bond acceptors (Lipinski definition) is 4. The molecule has 0 radical (unpaired) electrons. The van der Waals surface area contributed by atoms with E-state index in [9.17, 15) is 19.8 Å². The summed E-state index contributed by atoms with van der Waals surface area (Å²) < 4.78 is 0. The van der Waals surface area contributed by atoms with Gasteiger partial charge >= 0.3 is 0 Å². The van der Waals surface area contributed by atoms with Crippen LogP contribution in [0.4, 0.5) is 0 Å². The molecule has 5 aliphatic carbocycles. The van der Waals surface area contributed by atoms with Crippen LogP contribution in [0.15, 0.2) is 71.8 Å². The van der Waals surface area contributed by atoms with Crippen LogP contribution in [0.3, 0.4) is 0 Å². The lowest BCUT2D eigenvalue weighted by molar-refractivity contribution is 0.0710. The van der Waals surface area contributed by atoms with Crippen LogP contribution in [0, 0.1) is 11.8 Å². The highest BCUT2D eigenvalue weighted by atomic mass is 16.3. The number of benzene rings is 3. The summed E-state index contributed by atoms with van der Waals surface area (Å²) in [6.45, 7) is 0. The van der Waals surface area contributed by atoms with E-state index in [1.807, 2.05) is 0 Å². The van der Waals surface area contributed by atoms with Crippen LogP contribution in [0.5, 0.6) is 11.5 Å². The maximum absolute atomic E-state index is 13.5. The summed E-state index contributed by atoms with van der Waals surface area (Å²) in [5, 5.41) is 20.7. The molecule has 2 atom stereocenters. The molecule has 4 nitrogen and oxygen atoms in total. The standard InChI is InChI=1S/C28H20O4/c29-21-9-10-22(30)26-25(21)27(31)19-11-17-18(12-20(19)28(26)32)24-14-6-2-1-5-13(14)23(17)15-7-3-4-8-16(15)24/h1-10,19-20,23-24,29-30H,11-12H2/t19-,20+,23?,24?. The lowest BCUT2D eigenvalue weighted by Gasteiger charge is -2.49. The number of rotatable bonds is 0. The zero-order chi connectivity index (χ0) is 21.7. The zero-order valence-corrected chi connectivity index (χ0v) is 17.2. The summed E-state index contributed by atoms with van der Waals surface area (Å²) in [6, 6.07) is 19.6. The fourth-order valence-electron chi connectivity index (χ4n) is 6.79. The summed E-state index contributed by atoms with van der Waals surface area (Å²) in [7, 11) is 0. The predicted molar refractivity (Wildman–Crippen MR) is 118 cm³/mol. The molecule has 0 fully saturated rings. The molecule has 2 N–H and O–H groups in total. The molecule has 0 amide bonds. The Kier molecular flexibility index (Phi) is 3.35. The van der Waals surface area contributed by atoms with Gasteiger partial charge in [-0.25, -0.2) is 0 Å². The van der Waals surface area contributed by atoms with Crippen molar-refractivity contribution in [1.29, 1.82) is 0 Å². The molecule has 3 aromatic rings. The Hall–Kier alpha value is -3.66. The normalized spacial score (nSPS) is 26.8. The monoisotopic (exact) mass is 420 g/mol. The van der Waals surface area contributed by atoms with Crippen molar-refractivity contribution in [2.24, 2.45) is 11.8 Å². The number of aromatic hydroxyl groups is 2. The SMILES string of the molecule is O=C1c2c(O)ccc(O)c2C(=O)[C@@H]2CC3=C(C[C@H]12)C1c2ccccc2C3c2ccccc21. The van der Waals surface area contributed by atoms with Crippen molar-refractivity contribution < 1.29 is 19.8 Å². The van der Waals surface area contributed by atoms with Gasteiger partial charge in [-0.05, 0) is 47.2 Å². The molecule has 0 aromatic heterocycles. The lowest BCUT2D eigenvalue weighted by Crippen LogP contribution is -2.43. The number of ketones is 2. The van der Waals surface area contributed by atoms with Crippen molar-refractivity contribution in [3.8, 4) is 11.5 Å². The van der Waals surface area contributed by atoms with Crippen LogP contribution in [-0.2, 0) is 0 Å². The molecule has 4 heteroatoms. The number of carbonyl (C=O) groups is 2. The second-order valence-corrected chi connectivity index (χ2v) is 9.38. The number of fused-ring (bicyclic) bond motifs is 2. The Balaban J connectivity index is 1.43. The molecule has 0 heterocycles. The minimum atomic E-state index is -0.500. The van der Waals surface area contributed by atoms with E-state index in [2.05, 4.69) is 48.5 Å². The van der Waals surface area contributed by atoms with Gasteiger partial charge in [-0.3, -0.25) is 9.59 Å². The van der Waals surface area contributed by atoms with Crippen LogP contribution < -0.4 is 0 Å². The first-order valence-corrected chi connectivity index (χ1v) is 11.1. The Morgan fingerprint density at radius 1 is 0.562 bits per heavy atom. The van der Waals surface area contributed by atoms with Crippen LogP contribution in [0.2, 0.25) is 0 Å². The van der Waals surface area contributed by atoms with E-state index in [0.29, 0.717) is 12.8 Å². The lowest BCUT2D eigenvalue weighted by atomic mass is 9.54. The van der Waals surface area contributed by atoms with E-state index in [0.717, 1.165) is 0 Å². The largest absolute Gasteiger partial charge is 0.507 e. The Morgan fingerprint density at radius 3 is 1.25 bits per heavy atom. The van der Waals surface area contributed by atoms with Crippen LogP contribution >= 0.6 is 0 Å². The first-order valence-electron chi connectivity index (χ1n) is 11.1. The first-order chi connectivity index (χ1) is 15.6. The summed E-state index contributed by atoms with van der Waals surface area (Å²) >= 11 is 0. The van der Waals surface area contributed by atoms with Gasteiger partial charge in [-0.2, -0.15) is 0 Å². The molecule has 0 aliphatic heterocycles. The van der Waals surface area contributed by atoms with E-state index in [1.54, 1.807) is 0 Å². The smallest absolute Gasteiger partial charge is 0.171 e. The number of phenols is 2. The molecule has 32 heavy (non-hydrogen) atoms. The third-order valence-electron chi connectivity index (χ3n) is 8.04. The zero-order valence-electron chi connectivity index (χ0n) is 17.2. The summed E-state index contributed by atoms with van der Waals surface area (Å²) in [6.07, 6.45) is 1.03. The molecular weight excluding hydrogens is 400 g/mol. The minimum absolute atomic E-state index is 0.0120. The van der Waals surface area contributed by atoms with Gasteiger partial charge in [0.25, 0.3) is 0 Å². The number of carbonyl (C=O) groups excluding carboxylic acids is 2. The second-order valence-electron chi connectivity index (χ2n) is 9.38. The molecule has 8 rings (SSSR count). The minimum Gasteiger partial charge on any atom is -0.507 e. The predicted octanol–water partition coefficient (Wildman–Crippen LogP) is 5.09. The molecule has 0 saturated carbocycles. The molecule has 0 unspecified atom stereocenters. The molecule has 156 valence electrons. The van der Waals surface area contributed by atoms with Gasteiger partial charge in [0.05, 0.1) is 11.1 Å². The molecule has 0 spiro atoms. The van der Waals surface area contributed by atoms with Gasteiger partial charge in [-0.1, -0.05) is 59.7 Å². The van der Waals surface area contributed by atoms with Gasteiger partial charge in [0.2, 0.25) is 0 Å². The van der Waals surface area contributed by atoms with E-state index in [4.69, 9.17) is 0 Å². The van der Waals surface area contributed by atoms with E-state index in [1.165, 1.54) is 45.5 Å². The summed E-state index contributed by atoms with van der Waals surface area (Å²) in [5.74, 6) is -1.71. The van der Waals surface area contributed by atoms with Gasteiger partial charge in [0.1, 0.15) is 11.5 Å². The fourth-order valence-corrected chi connectivity index (χ4v) is 6.79. The van der Waals surface area contributed by atoms with Crippen molar-refractivity contribution in [2.45, 2.75) is 24.7 Å². The third kappa shape index (κ3) is 2.03. The summed E-state index contributed by atoms with van der Waals surface area (Å²) in [4.78, 5) is 27.0. The van der Waals surface area contributed by atoms with E-state index < -0.39 is 11.8 Å². The first kappa shape index (κ1) is 18.0. The van der Waals surface area contributed by atoms with Gasteiger partial charge in [-0.15, -0.1) is 0 Å². The van der Waals surface area contributed by atoms with E-state index >= 15 is 0 Å². The second kappa shape index (κ2) is 5.98. The van der Waals surface area contributed by atoms with Crippen LogP contribution in [0.1, 0.15) is 67.6 Å². The highest BCUT2D eigenvalue weighted by molar-refractivity contribution is 6.19. The Bertz CT molecular complexity index is 1260. The van der Waals surface area contributed by atoms with Crippen molar-refractivity contribution in [3.05, 3.63) is 105 Å². The molecular formula is C28H20O4. The van der Waals surface area contributed by atoms with E-state index in [-0.39, 0.29) is 46.0 Å². The molecule has 2 bridgehead atoms. The maximum Gasteiger partial charge on any atom is 0.171 e. The molecule has 0 saturated heterocycles. The van der Waals surface area contributed by atoms with Crippen LogP contribution in [-0.4, -0.2) is 21.8 Å². The average molecular weight is 420 g/mol.